The Kier molecular flexibility index (Phi) is 3.79. The number of carbonyl (C=O) groups is 1. The van der Waals surface area contributed by atoms with Crippen LogP contribution in [0.3, 0.4) is 0 Å². The molecule has 0 radical (unpaired) electrons. The Morgan fingerprint density at radius 2 is 1.68 bits per heavy atom. The Hall–Kier alpha value is -1.51. The van der Waals surface area contributed by atoms with E-state index in [4.69, 9.17) is 4.74 Å². The van der Waals surface area contributed by atoms with Crippen LogP contribution in [0.25, 0.3) is 0 Å². The van der Waals surface area contributed by atoms with Gasteiger partial charge in [-0.1, -0.05) is 18.2 Å². The van der Waals surface area contributed by atoms with E-state index < -0.39 is 0 Å². The van der Waals surface area contributed by atoms with Crippen LogP contribution < -0.4 is 4.90 Å². The topological polar surface area (TPSA) is 29.5 Å². The van der Waals surface area contributed by atoms with E-state index in [0.29, 0.717) is 12.5 Å². The molecular weight excluding hydrogens is 310 g/mol. The third-order valence-electron chi connectivity index (χ3n) is 7.33. The Balaban J connectivity index is 1.18. The Morgan fingerprint density at radius 1 is 1.04 bits per heavy atom. The molecule has 1 atom stereocenters. The van der Waals surface area contributed by atoms with Crippen LogP contribution in [0.1, 0.15) is 44.9 Å². The van der Waals surface area contributed by atoms with Crippen LogP contribution in [0.2, 0.25) is 0 Å². The van der Waals surface area contributed by atoms with Crippen molar-refractivity contribution in [3.8, 4) is 0 Å². The van der Waals surface area contributed by atoms with Crippen LogP contribution in [-0.4, -0.2) is 25.7 Å². The summed E-state index contributed by atoms with van der Waals surface area (Å²) in [7, 11) is 0. The molecule has 1 aliphatic heterocycles. The van der Waals surface area contributed by atoms with E-state index in [0.717, 1.165) is 56.5 Å². The van der Waals surface area contributed by atoms with Crippen molar-refractivity contribution in [3.05, 3.63) is 30.3 Å². The first-order chi connectivity index (χ1) is 12.2. The molecule has 1 saturated heterocycles. The molecular formula is C22H29NO2. The lowest BCUT2D eigenvalue weighted by atomic mass is 9.49. The maximum Gasteiger partial charge on any atom is 0.312 e. The maximum absolute atomic E-state index is 13.0. The lowest BCUT2D eigenvalue weighted by Crippen LogP contribution is -2.50. The molecule has 5 aliphatic rings. The maximum atomic E-state index is 13.0. The molecule has 25 heavy (non-hydrogen) atoms. The average Bonchev–Trinajstić information content (AvgIpc) is 3.08. The van der Waals surface area contributed by atoms with Crippen LogP contribution in [-0.2, 0) is 9.53 Å². The Bertz CT molecular complexity index is 605. The highest BCUT2D eigenvalue weighted by molar-refractivity contribution is 5.77. The Morgan fingerprint density at radius 3 is 2.32 bits per heavy atom. The van der Waals surface area contributed by atoms with Gasteiger partial charge in [-0.15, -0.1) is 0 Å². The molecule has 1 aromatic rings. The summed E-state index contributed by atoms with van der Waals surface area (Å²) in [6.45, 7) is 2.70. The minimum Gasteiger partial charge on any atom is -0.465 e. The molecule has 6 rings (SSSR count). The van der Waals surface area contributed by atoms with Crippen molar-refractivity contribution in [2.24, 2.45) is 29.1 Å². The smallest absolute Gasteiger partial charge is 0.312 e. The van der Waals surface area contributed by atoms with Crippen LogP contribution >= 0.6 is 0 Å². The number of hydrogen-bond donors (Lipinski definition) is 0. The zero-order valence-electron chi connectivity index (χ0n) is 15.0. The number of benzene rings is 1. The molecule has 0 aromatic heterocycles. The fourth-order valence-corrected chi connectivity index (χ4v) is 6.55. The number of anilines is 1. The minimum atomic E-state index is -0.105. The molecule has 1 unspecified atom stereocenters. The molecule has 0 N–H and O–H groups in total. The third kappa shape index (κ3) is 2.86. The second-order valence-electron chi connectivity index (χ2n) is 9.23. The molecule has 4 saturated carbocycles. The number of hydrogen-bond acceptors (Lipinski definition) is 3. The van der Waals surface area contributed by atoms with Crippen molar-refractivity contribution in [1.82, 2.24) is 0 Å². The first-order valence-corrected chi connectivity index (χ1v) is 10.2. The number of carbonyl (C=O) groups excluding carboxylic acids is 1. The van der Waals surface area contributed by atoms with E-state index in [9.17, 15) is 4.79 Å². The lowest BCUT2D eigenvalue weighted by Gasteiger charge is -2.55. The molecule has 5 fully saturated rings. The predicted octanol–water partition coefficient (Wildman–Crippen LogP) is 4.27. The first kappa shape index (κ1) is 15.7. The van der Waals surface area contributed by atoms with Gasteiger partial charge < -0.3 is 9.64 Å². The van der Waals surface area contributed by atoms with E-state index in [2.05, 4.69) is 35.2 Å². The van der Waals surface area contributed by atoms with E-state index in [-0.39, 0.29) is 11.4 Å². The summed E-state index contributed by atoms with van der Waals surface area (Å²) < 4.78 is 5.93. The molecule has 134 valence electrons. The third-order valence-corrected chi connectivity index (χ3v) is 7.33. The van der Waals surface area contributed by atoms with Crippen LogP contribution in [0.15, 0.2) is 30.3 Å². The van der Waals surface area contributed by atoms with E-state index in [1.54, 1.807) is 0 Å². The van der Waals surface area contributed by atoms with E-state index in [1.165, 1.54) is 24.9 Å². The van der Waals surface area contributed by atoms with Gasteiger partial charge in [0.1, 0.15) is 0 Å². The standard InChI is InChI=1S/C22H29NO2/c24-21(22-11-17-8-18(12-22)10-19(9-17)13-22)25-15-16-6-7-23(14-16)20-4-2-1-3-5-20/h1-5,16-19H,6-15H2. The van der Waals surface area contributed by atoms with Crippen molar-refractivity contribution in [2.45, 2.75) is 44.9 Å². The summed E-state index contributed by atoms with van der Waals surface area (Å²) in [5, 5.41) is 0. The van der Waals surface area contributed by atoms with Crippen molar-refractivity contribution in [2.75, 3.05) is 24.6 Å². The van der Waals surface area contributed by atoms with Gasteiger partial charge in [0.05, 0.1) is 12.0 Å². The summed E-state index contributed by atoms with van der Waals surface area (Å²) in [4.78, 5) is 15.4. The van der Waals surface area contributed by atoms with Gasteiger partial charge in [0, 0.05) is 24.7 Å². The quantitative estimate of drug-likeness (QED) is 0.767. The van der Waals surface area contributed by atoms with Gasteiger partial charge in [0.15, 0.2) is 0 Å². The summed E-state index contributed by atoms with van der Waals surface area (Å²) in [6, 6.07) is 10.6. The highest BCUT2D eigenvalue weighted by atomic mass is 16.5. The van der Waals surface area contributed by atoms with Crippen molar-refractivity contribution < 1.29 is 9.53 Å². The summed E-state index contributed by atoms with van der Waals surface area (Å²) in [6.07, 6.45) is 8.59. The molecule has 1 aromatic carbocycles. The van der Waals surface area contributed by atoms with Gasteiger partial charge in [-0.05, 0) is 74.8 Å². The number of rotatable bonds is 4. The molecule has 1 heterocycles. The van der Waals surface area contributed by atoms with Crippen molar-refractivity contribution in [1.29, 1.82) is 0 Å². The van der Waals surface area contributed by atoms with Gasteiger partial charge in [0.25, 0.3) is 0 Å². The molecule has 3 nitrogen and oxygen atoms in total. The van der Waals surface area contributed by atoms with Gasteiger partial charge in [-0.3, -0.25) is 4.79 Å². The predicted molar refractivity (Wildman–Crippen MR) is 98.3 cm³/mol. The zero-order valence-corrected chi connectivity index (χ0v) is 15.0. The number of para-hydroxylation sites is 1. The summed E-state index contributed by atoms with van der Waals surface area (Å²) in [5.41, 5.74) is 1.18. The van der Waals surface area contributed by atoms with Crippen LogP contribution in [0.4, 0.5) is 5.69 Å². The van der Waals surface area contributed by atoms with E-state index >= 15 is 0 Å². The molecule has 0 spiro atoms. The van der Waals surface area contributed by atoms with Gasteiger partial charge >= 0.3 is 5.97 Å². The lowest BCUT2D eigenvalue weighted by molar-refractivity contribution is -0.172. The zero-order chi connectivity index (χ0) is 16.9. The second kappa shape index (κ2) is 6.03. The van der Waals surface area contributed by atoms with Gasteiger partial charge in [0.2, 0.25) is 0 Å². The van der Waals surface area contributed by atoms with Crippen LogP contribution in [0, 0.1) is 29.1 Å². The second-order valence-corrected chi connectivity index (χ2v) is 9.23. The fraction of sp³-hybridized carbons (Fsp3) is 0.682. The average molecular weight is 339 g/mol. The molecule has 4 bridgehead atoms. The molecule has 0 amide bonds. The van der Waals surface area contributed by atoms with Gasteiger partial charge in [-0.2, -0.15) is 0 Å². The summed E-state index contributed by atoms with van der Waals surface area (Å²) in [5.74, 6) is 3.04. The highest BCUT2D eigenvalue weighted by Gasteiger charge is 2.55. The van der Waals surface area contributed by atoms with Crippen molar-refractivity contribution in [3.63, 3.8) is 0 Å². The molecule has 3 heteroatoms. The van der Waals surface area contributed by atoms with Crippen LogP contribution in [0.5, 0.6) is 0 Å². The largest absolute Gasteiger partial charge is 0.465 e. The summed E-state index contributed by atoms with van der Waals surface area (Å²) >= 11 is 0. The number of ether oxygens (including phenoxy) is 1. The minimum absolute atomic E-state index is 0.105. The number of nitrogens with zero attached hydrogens (tertiary/aromatic N) is 1. The number of esters is 1. The Labute approximate surface area is 150 Å². The van der Waals surface area contributed by atoms with E-state index in [1.807, 2.05) is 0 Å². The monoisotopic (exact) mass is 339 g/mol. The normalized spacial score (nSPS) is 39.0. The first-order valence-electron chi connectivity index (χ1n) is 10.2. The molecule has 4 aliphatic carbocycles. The highest BCUT2D eigenvalue weighted by Crippen LogP contribution is 2.60. The van der Waals surface area contributed by atoms with Crippen molar-refractivity contribution >= 4 is 11.7 Å². The fourth-order valence-electron chi connectivity index (χ4n) is 6.55. The van der Waals surface area contributed by atoms with Gasteiger partial charge in [-0.25, -0.2) is 0 Å². The SMILES string of the molecule is O=C(OCC1CCN(c2ccccc2)C1)C12CC3CC(CC(C3)C1)C2.